The Labute approximate surface area is 578 Å². The molecule has 6 heteroatoms. The van der Waals surface area contributed by atoms with Gasteiger partial charge in [0.15, 0.2) is 0 Å². The molecule has 0 rings (SSSR count). The molecule has 0 fully saturated rings. The van der Waals surface area contributed by atoms with Gasteiger partial charge in [-0.3, -0.25) is 9.59 Å². The molecule has 0 radical (unpaired) electrons. The van der Waals surface area contributed by atoms with E-state index in [1.807, 2.05) is 6.08 Å². The summed E-state index contributed by atoms with van der Waals surface area (Å²) in [5.74, 6) is -0.0296. The number of carbonyl (C=O) groups excluding carboxylic acids is 2. The minimum Gasteiger partial charge on any atom is -0.466 e. The van der Waals surface area contributed by atoms with Crippen molar-refractivity contribution in [2.24, 2.45) is 0 Å². The number of rotatable bonds is 82. The maximum Gasteiger partial charge on any atom is 0.305 e. The number of esters is 1. The van der Waals surface area contributed by atoms with Gasteiger partial charge in [-0.05, 0) is 32.1 Å². The zero-order valence-electron chi connectivity index (χ0n) is 63.1. The summed E-state index contributed by atoms with van der Waals surface area (Å²) in [6, 6.07) is -0.625. The predicted molar refractivity (Wildman–Crippen MR) is 407 cm³/mol. The Morgan fingerprint density at radius 2 is 0.500 bits per heavy atom. The number of unbranched alkanes of at least 4 members (excludes halogenated alkanes) is 71. The summed E-state index contributed by atoms with van der Waals surface area (Å²) >= 11 is 0. The second kappa shape index (κ2) is 82.0. The summed E-state index contributed by atoms with van der Waals surface area (Å²) in [6.45, 7) is 4.98. The number of carbonyl (C=O) groups is 2. The maximum atomic E-state index is 12.6. The van der Waals surface area contributed by atoms with Crippen molar-refractivity contribution in [3.8, 4) is 0 Å². The maximum absolute atomic E-state index is 12.6. The number of nitrogens with one attached hydrogen (secondary N) is 1. The molecule has 0 aromatic carbocycles. The van der Waals surface area contributed by atoms with Crippen LogP contribution in [-0.2, 0) is 14.3 Å². The first-order valence-electron chi connectivity index (χ1n) is 43.0. The van der Waals surface area contributed by atoms with Crippen molar-refractivity contribution in [3.63, 3.8) is 0 Å². The van der Waals surface area contributed by atoms with E-state index >= 15 is 0 Å². The molecule has 0 aliphatic carbocycles. The smallest absolute Gasteiger partial charge is 0.305 e. The highest BCUT2D eigenvalue weighted by atomic mass is 16.5. The molecule has 2 unspecified atom stereocenters. The van der Waals surface area contributed by atoms with Crippen LogP contribution in [0.15, 0.2) is 12.2 Å². The summed E-state index contributed by atoms with van der Waals surface area (Å²) in [5.41, 5.74) is 0. The van der Waals surface area contributed by atoms with Gasteiger partial charge in [0, 0.05) is 12.8 Å². The zero-order valence-corrected chi connectivity index (χ0v) is 63.1. The highest BCUT2D eigenvalue weighted by Crippen LogP contribution is 2.21. The highest BCUT2D eigenvalue weighted by molar-refractivity contribution is 5.76. The largest absolute Gasteiger partial charge is 0.466 e. The number of aliphatic hydroxyl groups is 2. The van der Waals surface area contributed by atoms with Crippen LogP contribution >= 0.6 is 0 Å². The van der Waals surface area contributed by atoms with Gasteiger partial charge in [0.05, 0.1) is 25.4 Å². The normalized spacial score (nSPS) is 12.4. The van der Waals surface area contributed by atoms with Crippen molar-refractivity contribution in [2.75, 3.05) is 13.2 Å². The summed E-state index contributed by atoms with van der Waals surface area (Å²) < 4.78 is 5.51. The molecule has 1 amide bonds. The average molecular weight is 1300 g/mol. The van der Waals surface area contributed by atoms with Gasteiger partial charge in [-0.1, -0.05) is 469 Å². The van der Waals surface area contributed by atoms with Crippen LogP contribution in [0.4, 0.5) is 0 Å². The molecule has 2 atom stereocenters. The number of amides is 1. The summed E-state index contributed by atoms with van der Waals surface area (Å²) in [4.78, 5) is 24.7. The number of hydrogen-bond acceptors (Lipinski definition) is 5. The van der Waals surface area contributed by atoms with E-state index in [1.54, 1.807) is 6.08 Å². The van der Waals surface area contributed by atoms with Crippen molar-refractivity contribution < 1.29 is 24.5 Å². The van der Waals surface area contributed by atoms with Gasteiger partial charge >= 0.3 is 5.97 Å². The van der Waals surface area contributed by atoms with E-state index in [0.29, 0.717) is 19.4 Å². The van der Waals surface area contributed by atoms with Gasteiger partial charge in [0.2, 0.25) is 5.91 Å². The van der Waals surface area contributed by atoms with E-state index in [-0.39, 0.29) is 18.5 Å². The van der Waals surface area contributed by atoms with Crippen LogP contribution in [0, 0.1) is 0 Å². The lowest BCUT2D eigenvalue weighted by atomic mass is 10.0. The fraction of sp³-hybridized carbons (Fsp3) is 0.953. The molecular formula is C86H169NO5. The lowest BCUT2D eigenvalue weighted by molar-refractivity contribution is -0.143. The third-order valence-electron chi connectivity index (χ3n) is 20.6. The molecule has 0 bridgehead atoms. The third-order valence-corrected chi connectivity index (χ3v) is 20.6. The van der Waals surface area contributed by atoms with Gasteiger partial charge in [-0.25, -0.2) is 0 Å². The molecule has 0 saturated carbocycles. The second-order valence-electron chi connectivity index (χ2n) is 29.9. The Bertz CT molecular complexity index is 1400. The van der Waals surface area contributed by atoms with Gasteiger partial charge in [0.25, 0.3) is 0 Å². The summed E-state index contributed by atoms with van der Waals surface area (Å²) in [7, 11) is 0. The molecule has 92 heavy (non-hydrogen) atoms. The number of hydrogen-bond donors (Lipinski definition) is 3. The second-order valence-corrected chi connectivity index (χ2v) is 29.9. The van der Waals surface area contributed by atoms with E-state index < -0.39 is 12.1 Å². The Morgan fingerprint density at radius 3 is 0.739 bits per heavy atom. The summed E-state index contributed by atoms with van der Waals surface area (Å²) in [6.07, 6.45) is 105. The lowest BCUT2D eigenvalue weighted by Gasteiger charge is -2.20. The molecule has 6 nitrogen and oxygen atoms in total. The molecule has 0 aliphatic rings. The first-order chi connectivity index (χ1) is 45.5. The SMILES string of the molecule is CCCCCCCCCCCCCCCCCCCCCCCCC/C=C/C(O)C(CO)NC(=O)CCCCCCCCCCCCCCCCCCCCCCCCCCCCCCCCCCCCCOC(=O)CCCCCCCCCCCCCCCCC. The molecule has 0 aromatic rings. The van der Waals surface area contributed by atoms with Gasteiger partial charge in [0.1, 0.15) is 0 Å². The average Bonchev–Trinajstić information content (AvgIpc) is 3.59. The van der Waals surface area contributed by atoms with Gasteiger partial charge in [-0.2, -0.15) is 0 Å². The molecular weight excluding hydrogens is 1130 g/mol. The Hall–Kier alpha value is -1.40. The van der Waals surface area contributed by atoms with Crippen LogP contribution in [0.5, 0.6) is 0 Å². The van der Waals surface area contributed by atoms with Crippen molar-refractivity contribution in [3.05, 3.63) is 12.2 Å². The van der Waals surface area contributed by atoms with E-state index in [9.17, 15) is 19.8 Å². The lowest BCUT2D eigenvalue weighted by Crippen LogP contribution is -2.45. The molecule has 0 spiro atoms. The van der Waals surface area contributed by atoms with Crippen LogP contribution in [-0.4, -0.2) is 47.4 Å². The molecule has 0 heterocycles. The molecule has 0 aromatic heterocycles. The van der Waals surface area contributed by atoms with E-state index in [1.165, 1.54) is 437 Å². The number of allylic oxidation sites excluding steroid dienone is 1. The van der Waals surface area contributed by atoms with Crippen molar-refractivity contribution in [1.82, 2.24) is 5.32 Å². The van der Waals surface area contributed by atoms with Crippen molar-refractivity contribution in [2.45, 2.75) is 514 Å². The monoisotopic (exact) mass is 1300 g/mol. The zero-order chi connectivity index (χ0) is 66.3. The number of ether oxygens (including phenoxy) is 1. The highest BCUT2D eigenvalue weighted by Gasteiger charge is 2.18. The minimum absolute atomic E-state index is 0.0267. The third kappa shape index (κ3) is 77.6. The van der Waals surface area contributed by atoms with E-state index in [2.05, 4.69) is 19.2 Å². The predicted octanol–water partition coefficient (Wildman–Crippen LogP) is 28.6. The van der Waals surface area contributed by atoms with Crippen LogP contribution in [0.2, 0.25) is 0 Å². The summed E-state index contributed by atoms with van der Waals surface area (Å²) in [5, 5.41) is 23.3. The fourth-order valence-corrected chi connectivity index (χ4v) is 14.1. The first kappa shape index (κ1) is 90.6. The number of aliphatic hydroxyl groups excluding tert-OH is 2. The Balaban J connectivity index is 3.33. The van der Waals surface area contributed by atoms with E-state index in [0.717, 1.165) is 38.5 Å². The minimum atomic E-state index is -0.842. The Kier molecular flexibility index (Phi) is 80.8. The van der Waals surface area contributed by atoms with Crippen LogP contribution < -0.4 is 5.32 Å². The Morgan fingerprint density at radius 1 is 0.293 bits per heavy atom. The standard InChI is InChI=1S/C86H169NO5/c1-3-5-7-9-11-13-15-17-19-20-21-22-23-35-38-41-44-47-51-54-58-62-66-70-74-78-84(89)83(82-88)87-85(90)79-75-71-67-63-59-55-52-48-45-42-39-36-33-31-29-27-25-24-26-28-30-32-34-37-40-43-46-49-53-57-61-65-69-73-77-81-92-86(91)80-76-72-68-64-60-56-50-18-16-14-12-10-8-6-4-2/h74,78,83-84,88-89H,3-73,75-77,79-82H2,1-2H3,(H,87,90)/b78-74+. The molecule has 3 N–H and O–H groups in total. The van der Waals surface area contributed by atoms with Crippen LogP contribution in [0.1, 0.15) is 502 Å². The fourth-order valence-electron chi connectivity index (χ4n) is 14.1. The van der Waals surface area contributed by atoms with E-state index in [4.69, 9.17) is 4.74 Å². The van der Waals surface area contributed by atoms with Crippen LogP contribution in [0.25, 0.3) is 0 Å². The first-order valence-corrected chi connectivity index (χ1v) is 43.0. The van der Waals surface area contributed by atoms with Crippen molar-refractivity contribution >= 4 is 11.9 Å². The van der Waals surface area contributed by atoms with Gasteiger partial charge in [-0.15, -0.1) is 0 Å². The quantitative estimate of drug-likeness (QED) is 0.0320. The molecule has 0 aliphatic heterocycles. The van der Waals surface area contributed by atoms with Crippen LogP contribution in [0.3, 0.4) is 0 Å². The van der Waals surface area contributed by atoms with Crippen molar-refractivity contribution in [1.29, 1.82) is 0 Å². The topological polar surface area (TPSA) is 95.9 Å². The molecule has 0 saturated heterocycles. The van der Waals surface area contributed by atoms with Gasteiger partial charge < -0.3 is 20.3 Å². The molecule has 548 valence electrons.